The molecule has 1 aromatic rings. The van der Waals surface area contributed by atoms with Crippen LogP contribution < -0.4 is 5.32 Å². The van der Waals surface area contributed by atoms with Crippen LogP contribution in [-0.2, 0) is 14.3 Å². The van der Waals surface area contributed by atoms with E-state index in [1.807, 2.05) is 38.1 Å². The second kappa shape index (κ2) is 8.19. The average Bonchev–Trinajstić information content (AvgIpc) is 2.47. The largest absolute Gasteiger partial charge is 0.375 e. The number of benzene rings is 1. The highest BCUT2D eigenvalue weighted by molar-refractivity contribution is 8.00. The Bertz CT molecular complexity index is 536. The van der Waals surface area contributed by atoms with Gasteiger partial charge < -0.3 is 15.0 Å². The van der Waals surface area contributed by atoms with Crippen LogP contribution in [0.25, 0.3) is 0 Å². The molecule has 0 unspecified atom stereocenters. The number of anilines is 1. The van der Waals surface area contributed by atoms with E-state index in [0.29, 0.717) is 25.4 Å². The lowest BCUT2D eigenvalue weighted by atomic mass is 10.2. The first kappa shape index (κ1) is 16.8. The maximum absolute atomic E-state index is 12.0. The number of ether oxygens (including phenoxy) is 1. The van der Waals surface area contributed by atoms with Crippen molar-refractivity contribution < 1.29 is 14.3 Å². The van der Waals surface area contributed by atoms with Gasteiger partial charge in [-0.15, -0.1) is 11.8 Å². The number of nitrogens with one attached hydrogen (secondary N) is 1. The van der Waals surface area contributed by atoms with Crippen LogP contribution in [0.3, 0.4) is 0 Å². The molecule has 2 amide bonds. The van der Waals surface area contributed by atoms with Crippen LogP contribution in [0.5, 0.6) is 0 Å². The van der Waals surface area contributed by atoms with Crippen molar-refractivity contribution >= 4 is 29.3 Å². The van der Waals surface area contributed by atoms with Gasteiger partial charge in [-0.1, -0.05) is 12.1 Å². The second-order valence-corrected chi connectivity index (χ2v) is 6.42. The smallest absolute Gasteiger partial charge is 0.234 e. The van der Waals surface area contributed by atoms with Crippen molar-refractivity contribution in [2.45, 2.75) is 20.0 Å². The van der Waals surface area contributed by atoms with Crippen molar-refractivity contribution in [1.29, 1.82) is 0 Å². The fraction of sp³-hybridized carbons (Fsp3) is 0.500. The average molecular weight is 322 g/mol. The zero-order valence-electron chi connectivity index (χ0n) is 13.0. The first-order valence-electron chi connectivity index (χ1n) is 7.38. The Morgan fingerprint density at radius 3 is 2.95 bits per heavy atom. The van der Waals surface area contributed by atoms with Crippen LogP contribution in [0.2, 0.25) is 0 Å². The highest BCUT2D eigenvalue weighted by Gasteiger charge is 2.21. The van der Waals surface area contributed by atoms with Gasteiger partial charge in [0.2, 0.25) is 11.8 Å². The van der Waals surface area contributed by atoms with Crippen LogP contribution in [0.1, 0.15) is 12.5 Å². The van der Waals surface area contributed by atoms with Crippen molar-refractivity contribution in [3.63, 3.8) is 0 Å². The first-order valence-corrected chi connectivity index (χ1v) is 8.53. The third-order valence-electron chi connectivity index (χ3n) is 3.35. The fourth-order valence-electron chi connectivity index (χ4n) is 2.29. The predicted molar refractivity (Wildman–Crippen MR) is 89.1 cm³/mol. The number of amides is 2. The van der Waals surface area contributed by atoms with Crippen molar-refractivity contribution in [1.82, 2.24) is 4.90 Å². The summed E-state index contributed by atoms with van der Waals surface area (Å²) in [7, 11) is 0. The third-order valence-corrected chi connectivity index (χ3v) is 4.27. The standard InChI is InChI=1S/C16H22N2O3S/c1-12-4-3-5-14(8-12)17-15(19)10-22-11-16(20)18-6-7-21-13(2)9-18/h3-5,8,13H,6-7,9-11H2,1-2H3,(H,17,19)/t13-/m1/s1. The molecule has 1 saturated heterocycles. The Morgan fingerprint density at radius 2 is 2.23 bits per heavy atom. The first-order chi connectivity index (χ1) is 10.5. The van der Waals surface area contributed by atoms with Gasteiger partial charge in [0, 0.05) is 18.8 Å². The highest BCUT2D eigenvalue weighted by Crippen LogP contribution is 2.12. The van der Waals surface area contributed by atoms with Gasteiger partial charge in [-0.05, 0) is 31.5 Å². The summed E-state index contributed by atoms with van der Waals surface area (Å²) in [5, 5.41) is 2.84. The van der Waals surface area contributed by atoms with E-state index < -0.39 is 0 Å². The minimum Gasteiger partial charge on any atom is -0.375 e. The van der Waals surface area contributed by atoms with Crippen molar-refractivity contribution in [2.24, 2.45) is 0 Å². The van der Waals surface area contributed by atoms with Crippen LogP contribution in [0.4, 0.5) is 5.69 Å². The Morgan fingerprint density at radius 1 is 1.41 bits per heavy atom. The van der Waals surface area contributed by atoms with Gasteiger partial charge in [0.05, 0.1) is 24.2 Å². The number of nitrogens with zero attached hydrogens (tertiary/aromatic N) is 1. The second-order valence-electron chi connectivity index (χ2n) is 5.43. The number of rotatable bonds is 5. The van der Waals surface area contributed by atoms with Crippen molar-refractivity contribution in [2.75, 3.05) is 36.5 Å². The summed E-state index contributed by atoms with van der Waals surface area (Å²) in [5.74, 6) is 0.593. The number of morpholine rings is 1. The molecule has 0 radical (unpaired) electrons. The number of carbonyl (C=O) groups is 2. The zero-order valence-corrected chi connectivity index (χ0v) is 13.8. The summed E-state index contributed by atoms with van der Waals surface area (Å²) >= 11 is 1.34. The van der Waals surface area contributed by atoms with Crippen molar-refractivity contribution in [3.8, 4) is 0 Å². The zero-order chi connectivity index (χ0) is 15.9. The molecule has 1 atom stereocenters. The monoisotopic (exact) mass is 322 g/mol. The predicted octanol–water partition coefficient (Wildman–Crippen LogP) is 1.91. The molecule has 22 heavy (non-hydrogen) atoms. The van der Waals surface area contributed by atoms with Crippen LogP contribution in [0.15, 0.2) is 24.3 Å². The molecular weight excluding hydrogens is 300 g/mol. The van der Waals surface area contributed by atoms with E-state index in [-0.39, 0.29) is 23.7 Å². The lowest BCUT2D eigenvalue weighted by molar-refractivity contribution is -0.135. The number of hydrogen-bond acceptors (Lipinski definition) is 4. The van der Waals surface area contributed by atoms with Crippen molar-refractivity contribution in [3.05, 3.63) is 29.8 Å². The Hall–Kier alpha value is -1.53. The van der Waals surface area contributed by atoms with E-state index in [1.165, 1.54) is 11.8 Å². The molecule has 0 saturated carbocycles. The molecule has 0 aromatic heterocycles. The summed E-state index contributed by atoms with van der Waals surface area (Å²) in [4.78, 5) is 25.7. The normalized spacial score (nSPS) is 18.1. The summed E-state index contributed by atoms with van der Waals surface area (Å²) in [5.41, 5.74) is 1.89. The number of carbonyl (C=O) groups excluding carboxylic acids is 2. The van der Waals surface area contributed by atoms with E-state index in [0.717, 1.165) is 11.3 Å². The Kier molecular flexibility index (Phi) is 6.27. The summed E-state index contributed by atoms with van der Waals surface area (Å²) in [6.45, 7) is 5.80. The lowest BCUT2D eigenvalue weighted by Gasteiger charge is -2.31. The number of thioether (sulfide) groups is 1. The molecule has 0 aliphatic carbocycles. The highest BCUT2D eigenvalue weighted by atomic mass is 32.2. The maximum atomic E-state index is 12.0. The van der Waals surface area contributed by atoms with Gasteiger partial charge in [0.25, 0.3) is 0 Å². The molecule has 5 nitrogen and oxygen atoms in total. The Balaban J connectivity index is 1.69. The SMILES string of the molecule is Cc1cccc(NC(=O)CSCC(=O)N2CCO[C@H](C)C2)c1. The van der Waals surface area contributed by atoms with Gasteiger partial charge >= 0.3 is 0 Å². The van der Waals surface area contributed by atoms with E-state index in [1.54, 1.807) is 4.90 Å². The molecule has 1 aliphatic rings. The van der Waals surface area contributed by atoms with E-state index in [2.05, 4.69) is 5.32 Å². The van der Waals surface area contributed by atoms with Crippen LogP contribution >= 0.6 is 11.8 Å². The fourth-order valence-corrected chi connectivity index (χ4v) is 3.00. The topological polar surface area (TPSA) is 58.6 Å². The number of aryl methyl sites for hydroxylation is 1. The molecule has 1 N–H and O–H groups in total. The van der Waals surface area contributed by atoms with Gasteiger partial charge in [0.1, 0.15) is 0 Å². The van der Waals surface area contributed by atoms with Crippen LogP contribution in [-0.4, -0.2) is 54.0 Å². The van der Waals surface area contributed by atoms with E-state index >= 15 is 0 Å². The van der Waals surface area contributed by atoms with Crippen LogP contribution in [0, 0.1) is 6.92 Å². The number of hydrogen-bond donors (Lipinski definition) is 1. The summed E-state index contributed by atoms with van der Waals surface area (Å²) < 4.78 is 5.41. The molecule has 120 valence electrons. The molecule has 2 rings (SSSR count). The van der Waals surface area contributed by atoms with E-state index in [4.69, 9.17) is 4.74 Å². The molecule has 0 spiro atoms. The molecule has 1 heterocycles. The lowest BCUT2D eigenvalue weighted by Crippen LogP contribution is -2.45. The Labute approximate surface area is 135 Å². The maximum Gasteiger partial charge on any atom is 0.234 e. The molecule has 1 aliphatic heterocycles. The summed E-state index contributed by atoms with van der Waals surface area (Å²) in [6.07, 6.45) is 0.0901. The summed E-state index contributed by atoms with van der Waals surface area (Å²) in [6, 6.07) is 7.66. The van der Waals surface area contributed by atoms with Gasteiger partial charge in [-0.25, -0.2) is 0 Å². The third kappa shape index (κ3) is 5.35. The van der Waals surface area contributed by atoms with Gasteiger partial charge in [-0.2, -0.15) is 0 Å². The van der Waals surface area contributed by atoms with Gasteiger partial charge in [-0.3, -0.25) is 9.59 Å². The minimum atomic E-state index is -0.0845. The van der Waals surface area contributed by atoms with E-state index in [9.17, 15) is 9.59 Å². The molecular formula is C16H22N2O3S. The molecule has 6 heteroatoms. The quantitative estimate of drug-likeness (QED) is 0.900. The van der Waals surface area contributed by atoms with Gasteiger partial charge in [0.15, 0.2) is 0 Å². The molecule has 1 fully saturated rings. The molecule has 0 bridgehead atoms. The molecule has 1 aromatic carbocycles. The minimum absolute atomic E-state index is 0.0727.